The molecule has 3 rings (SSSR count). The summed E-state index contributed by atoms with van der Waals surface area (Å²) in [6.45, 7) is 0.500. The van der Waals surface area contributed by atoms with Crippen molar-refractivity contribution in [2.75, 3.05) is 18.5 Å². The van der Waals surface area contributed by atoms with Gasteiger partial charge in [-0.15, -0.1) is 0 Å². The summed E-state index contributed by atoms with van der Waals surface area (Å²) in [4.78, 5) is 11.7. The van der Waals surface area contributed by atoms with Crippen LogP contribution in [0.3, 0.4) is 0 Å². The Hall–Kier alpha value is -1.85. The third-order valence-corrected chi connectivity index (χ3v) is 2.98. The number of aliphatic hydroxyl groups excluding tert-OH is 1. The second kappa shape index (κ2) is 4.44. The van der Waals surface area contributed by atoms with Gasteiger partial charge in [-0.3, -0.25) is 0 Å². The number of aromatic amines is 1. The molecule has 0 spiro atoms. The van der Waals surface area contributed by atoms with E-state index in [4.69, 9.17) is 16.7 Å². The number of halogens is 1. The molecular formula is C12H11ClN4O. The summed E-state index contributed by atoms with van der Waals surface area (Å²) >= 11 is 5.99. The molecule has 0 fully saturated rings. The molecule has 0 aliphatic carbocycles. The van der Waals surface area contributed by atoms with Crippen LogP contribution in [0.4, 0.5) is 5.82 Å². The molecule has 5 nitrogen and oxygen atoms in total. The lowest BCUT2D eigenvalue weighted by molar-refractivity contribution is 0.311. The first kappa shape index (κ1) is 11.3. The predicted octanol–water partition coefficient (Wildman–Crippen LogP) is 2.17. The predicted molar refractivity (Wildman–Crippen MR) is 72.0 cm³/mol. The second-order valence-electron chi connectivity index (χ2n) is 3.91. The first-order valence-electron chi connectivity index (χ1n) is 5.56. The maximum atomic E-state index is 8.84. The Morgan fingerprint density at radius 2 is 2.22 bits per heavy atom. The van der Waals surface area contributed by atoms with Gasteiger partial charge in [-0.25, -0.2) is 9.97 Å². The summed E-state index contributed by atoms with van der Waals surface area (Å²) in [5, 5.41) is 13.5. The highest BCUT2D eigenvalue weighted by Crippen LogP contribution is 2.28. The van der Waals surface area contributed by atoms with E-state index >= 15 is 0 Å². The summed E-state index contributed by atoms with van der Waals surface area (Å²) in [5.74, 6) is 0.682. The zero-order valence-electron chi connectivity index (χ0n) is 9.44. The van der Waals surface area contributed by atoms with Crippen LogP contribution < -0.4 is 5.32 Å². The Morgan fingerprint density at radius 3 is 3.06 bits per heavy atom. The average molecular weight is 263 g/mol. The lowest BCUT2D eigenvalue weighted by Gasteiger charge is -2.03. The van der Waals surface area contributed by atoms with Crippen molar-refractivity contribution >= 4 is 39.4 Å². The van der Waals surface area contributed by atoms with Gasteiger partial charge >= 0.3 is 0 Å². The molecule has 0 saturated carbocycles. The van der Waals surface area contributed by atoms with Crippen LogP contribution >= 0.6 is 11.6 Å². The second-order valence-corrected chi connectivity index (χ2v) is 4.35. The highest BCUT2D eigenvalue weighted by Gasteiger charge is 2.10. The maximum absolute atomic E-state index is 8.84. The van der Waals surface area contributed by atoms with Gasteiger partial charge in [0, 0.05) is 22.5 Å². The van der Waals surface area contributed by atoms with Gasteiger partial charge in [0.1, 0.15) is 17.4 Å². The lowest BCUT2D eigenvalue weighted by atomic mass is 10.2. The van der Waals surface area contributed by atoms with Gasteiger partial charge < -0.3 is 15.4 Å². The van der Waals surface area contributed by atoms with Crippen molar-refractivity contribution in [3.8, 4) is 0 Å². The topological polar surface area (TPSA) is 73.8 Å². The van der Waals surface area contributed by atoms with Crippen LogP contribution in [-0.2, 0) is 0 Å². The van der Waals surface area contributed by atoms with Gasteiger partial charge in [0.05, 0.1) is 6.61 Å². The maximum Gasteiger partial charge on any atom is 0.153 e. The van der Waals surface area contributed by atoms with Gasteiger partial charge in [0.25, 0.3) is 0 Å². The molecule has 0 aliphatic rings. The monoisotopic (exact) mass is 262 g/mol. The summed E-state index contributed by atoms with van der Waals surface area (Å²) in [6, 6.07) is 5.61. The number of aromatic nitrogens is 3. The van der Waals surface area contributed by atoms with Gasteiger partial charge in [-0.1, -0.05) is 11.6 Å². The Bertz CT molecular complexity index is 710. The molecule has 0 bridgehead atoms. The van der Waals surface area contributed by atoms with Crippen molar-refractivity contribution < 1.29 is 5.11 Å². The number of aliphatic hydroxyl groups is 1. The van der Waals surface area contributed by atoms with E-state index in [0.29, 0.717) is 17.4 Å². The van der Waals surface area contributed by atoms with Crippen molar-refractivity contribution in [2.45, 2.75) is 0 Å². The fourth-order valence-electron chi connectivity index (χ4n) is 1.97. The molecule has 0 aliphatic heterocycles. The first-order chi connectivity index (χ1) is 8.79. The summed E-state index contributed by atoms with van der Waals surface area (Å²) < 4.78 is 0. The van der Waals surface area contributed by atoms with E-state index in [0.717, 1.165) is 21.9 Å². The van der Waals surface area contributed by atoms with Crippen LogP contribution in [0.15, 0.2) is 24.5 Å². The van der Waals surface area contributed by atoms with Crippen LogP contribution in [-0.4, -0.2) is 33.2 Å². The van der Waals surface area contributed by atoms with Crippen LogP contribution in [0.5, 0.6) is 0 Å². The minimum Gasteiger partial charge on any atom is -0.395 e. The van der Waals surface area contributed by atoms with E-state index in [1.54, 1.807) is 0 Å². The molecule has 2 aromatic heterocycles. The molecule has 0 atom stereocenters. The average Bonchev–Trinajstić information content (AvgIpc) is 2.75. The van der Waals surface area contributed by atoms with Crippen molar-refractivity contribution in [3.63, 3.8) is 0 Å². The third-order valence-electron chi connectivity index (χ3n) is 2.75. The number of H-pyrrole nitrogens is 1. The number of nitrogens with one attached hydrogen (secondary N) is 2. The van der Waals surface area contributed by atoms with Crippen molar-refractivity contribution in [3.05, 3.63) is 29.5 Å². The Labute approximate surface area is 108 Å². The van der Waals surface area contributed by atoms with Gasteiger partial charge in [0.15, 0.2) is 5.82 Å². The Kier molecular flexibility index (Phi) is 2.77. The fourth-order valence-corrected chi connectivity index (χ4v) is 2.14. The van der Waals surface area contributed by atoms with Gasteiger partial charge in [-0.2, -0.15) is 0 Å². The molecule has 6 heteroatoms. The van der Waals surface area contributed by atoms with Crippen LogP contribution in [0, 0.1) is 0 Å². The molecule has 3 aromatic rings. The molecule has 0 radical (unpaired) electrons. The fraction of sp³-hybridized carbons (Fsp3) is 0.167. The smallest absolute Gasteiger partial charge is 0.153 e. The molecule has 18 heavy (non-hydrogen) atoms. The SMILES string of the molecule is OCCNc1ncnc2c1[nH]c1ccc(Cl)cc12. The van der Waals surface area contributed by atoms with Crippen LogP contribution in [0.25, 0.3) is 21.9 Å². The van der Waals surface area contributed by atoms with E-state index in [1.807, 2.05) is 18.2 Å². The van der Waals surface area contributed by atoms with Crippen LogP contribution in [0.1, 0.15) is 0 Å². The molecule has 0 amide bonds. The van der Waals surface area contributed by atoms with Gasteiger partial charge in [-0.05, 0) is 18.2 Å². The number of benzene rings is 1. The number of nitrogens with zero attached hydrogens (tertiary/aromatic N) is 2. The zero-order chi connectivity index (χ0) is 12.5. The molecule has 3 N–H and O–H groups in total. The van der Waals surface area contributed by atoms with E-state index in [-0.39, 0.29) is 6.61 Å². The van der Waals surface area contributed by atoms with Gasteiger partial charge in [0.2, 0.25) is 0 Å². The molecule has 0 unspecified atom stereocenters. The molecule has 92 valence electrons. The highest BCUT2D eigenvalue weighted by atomic mass is 35.5. The number of hydrogen-bond acceptors (Lipinski definition) is 4. The van der Waals surface area contributed by atoms with Crippen LogP contribution in [0.2, 0.25) is 5.02 Å². The summed E-state index contributed by atoms with van der Waals surface area (Å²) in [7, 11) is 0. The highest BCUT2D eigenvalue weighted by molar-refractivity contribution is 6.31. The Morgan fingerprint density at radius 1 is 1.33 bits per heavy atom. The molecular weight excluding hydrogens is 252 g/mol. The minimum absolute atomic E-state index is 0.0531. The normalized spacial score (nSPS) is 11.2. The number of hydrogen-bond donors (Lipinski definition) is 3. The van der Waals surface area contributed by atoms with E-state index in [9.17, 15) is 0 Å². The molecule has 2 heterocycles. The number of fused-ring (bicyclic) bond motifs is 3. The summed E-state index contributed by atoms with van der Waals surface area (Å²) in [6.07, 6.45) is 1.50. The quantitative estimate of drug-likeness (QED) is 0.676. The van der Waals surface area contributed by atoms with E-state index < -0.39 is 0 Å². The zero-order valence-corrected chi connectivity index (χ0v) is 10.2. The summed E-state index contributed by atoms with van der Waals surface area (Å²) in [5.41, 5.74) is 2.60. The standard InChI is InChI=1S/C12H11ClN4O/c13-7-1-2-9-8(5-7)10-11(17-9)12(14-3-4-18)16-6-15-10/h1-2,5-6,17-18H,3-4H2,(H,14,15,16). The first-order valence-corrected chi connectivity index (χ1v) is 5.94. The van der Waals surface area contributed by atoms with E-state index in [2.05, 4.69) is 20.3 Å². The third kappa shape index (κ3) is 1.77. The Balaban J connectivity index is 2.25. The lowest BCUT2D eigenvalue weighted by Crippen LogP contribution is -2.07. The van der Waals surface area contributed by atoms with Crippen molar-refractivity contribution in [2.24, 2.45) is 0 Å². The minimum atomic E-state index is 0.0531. The molecule has 1 aromatic carbocycles. The number of rotatable bonds is 3. The van der Waals surface area contributed by atoms with Crippen molar-refractivity contribution in [1.82, 2.24) is 15.0 Å². The van der Waals surface area contributed by atoms with E-state index in [1.165, 1.54) is 6.33 Å². The van der Waals surface area contributed by atoms with Crippen molar-refractivity contribution in [1.29, 1.82) is 0 Å². The largest absolute Gasteiger partial charge is 0.395 e. The number of anilines is 1. The molecule has 0 saturated heterocycles.